The SMILES string of the molecule is CCc1[nH]c2nc(Sc3nc(C(C)=O)cs3)nc(N3CC(Cc4cncnc4)C3)c2c1Cl. The first kappa shape index (κ1) is 21.3. The Balaban J connectivity index is 1.43. The lowest BCUT2D eigenvalue weighted by Gasteiger charge is -2.40. The minimum Gasteiger partial charge on any atom is -0.355 e. The highest BCUT2D eigenvalue weighted by atomic mass is 35.5. The fourth-order valence-electron chi connectivity index (χ4n) is 3.77. The Hall–Kier alpha value is -2.56. The fourth-order valence-corrected chi connectivity index (χ4v) is 5.84. The number of H-pyrrole nitrogens is 1. The van der Waals surface area contributed by atoms with Crippen LogP contribution in [0.4, 0.5) is 5.82 Å². The zero-order valence-corrected chi connectivity index (χ0v) is 19.9. The van der Waals surface area contributed by atoms with E-state index in [9.17, 15) is 4.79 Å². The average molecular weight is 486 g/mol. The monoisotopic (exact) mass is 485 g/mol. The maximum atomic E-state index is 11.6. The number of nitrogens with one attached hydrogen (secondary N) is 1. The number of rotatable bonds is 7. The lowest BCUT2D eigenvalue weighted by molar-refractivity contribution is 0.101. The van der Waals surface area contributed by atoms with Crippen LogP contribution in [0.2, 0.25) is 5.02 Å². The summed E-state index contributed by atoms with van der Waals surface area (Å²) in [5.41, 5.74) is 3.28. The summed E-state index contributed by atoms with van der Waals surface area (Å²) in [6, 6.07) is 0. The summed E-state index contributed by atoms with van der Waals surface area (Å²) >= 11 is 9.47. The molecule has 0 aromatic carbocycles. The largest absolute Gasteiger partial charge is 0.355 e. The Morgan fingerprint density at radius 1 is 1.28 bits per heavy atom. The van der Waals surface area contributed by atoms with Crippen molar-refractivity contribution in [2.75, 3.05) is 18.0 Å². The molecule has 8 nitrogen and oxygen atoms in total. The molecule has 0 atom stereocenters. The number of carbonyl (C=O) groups is 1. The van der Waals surface area contributed by atoms with Crippen molar-refractivity contribution in [3.05, 3.63) is 46.1 Å². The molecular weight excluding hydrogens is 466 g/mol. The van der Waals surface area contributed by atoms with Gasteiger partial charge in [-0.05, 0) is 36.1 Å². The molecule has 0 aliphatic carbocycles. The predicted octanol–water partition coefficient (Wildman–Crippen LogP) is 4.45. The molecule has 1 saturated heterocycles. The Labute approximate surface area is 197 Å². The summed E-state index contributed by atoms with van der Waals surface area (Å²) < 4.78 is 0.736. The normalized spacial score (nSPS) is 14.2. The standard InChI is InChI=1S/C21H20ClN7OS2/c1-3-14-17(22)16-18(25-14)27-20(32-21-26-15(9-31-21)11(2)30)28-19(16)29-7-13(8-29)4-12-5-23-10-24-6-12/h5-6,9-10,13H,3-4,7-8H2,1-2H3,(H,25,27,28). The number of hydrogen-bond donors (Lipinski definition) is 1. The topological polar surface area (TPSA) is 101 Å². The maximum absolute atomic E-state index is 11.6. The smallest absolute Gasteiger partial charge is 0.198 e. The number of hydrogen-bond acceptors (Lipinski definition) is 9. The molecule has 5 rings (SSSR count). The summed E-state index contributed by atoms with van der Waals surface area (Å²) in [6.45, 7) is 5.32. The third kappa shape index (κ3) is 4.10. The Bertz CT molecular complexity index is 1280. The highest BCUT2D eigenvalue weighted by Gasteiger charge is 2.31. The highest BCUT2D eigenvalue weighted by Crippen LogP contribution is 2.39. The lowest BCUT2D eigenvalue weighted by Crippen LogP contribution is -2.48. The molecule has 32 heavy (non-hydrogen) atoms. The van der Waals surface area contributed by atoms with Crippen LogP contribution in [0, 0.1) is 5.92 Å². The molecule has 11 heteroatoms. The van der Waals surface area contributed by atoms with E-state index >= 15 is 0 Å². The number of aryl methyl sites for hydroxylation is 1. The number of thiazole rings is 1. The van der Waals surface area contributed by atoms with Gasteiger partial charge in [0.25, 0.3) is 0 Å². The number of nitrogens with zero attached hydrogens (tertiary/aromatic N) is 6. The Kier molecular flexibility index (Phi) is 5.83. The number of Topliss-reactive ketones (excluding diaryl/α,β-unsaturated/α-hetero) is 1. The van der Waals surface area contributed by atoms with Crippen molar-refractivity contribution in [2.24, 2.45) is 5.92 Å². The van der Waals surface area contributed by atoms with E-state index in [2.05, 4.69) is 31.8 Å². The second-order valence-electron chi connectivity index (χ2n) is 7.70. The number of carbonyl (C=O) groups excluding carboxylic acids is 1. The van der Waals surface area contributed by atoms with Gasteiger partial charge in [-0.1, -0.05) is 18.5 Å². The molecule has 4 aromatic rings. The van der Waals surface area contributed by atoms with Crippen molar-refractivity contribution < 1.29 is 4.79 Å². The predicted molar refractivity (Wildman–Crippen MR) is 126 cm³/mol. The maximum Gasteiger partial charge on any atom is 0.198 e. The number of aromatic nitrogens is 6. The molecular formula is C21H20ClN7OS2. The molecule has 0 amide bonds. The van der Waals surface area contributed by atoms with Crippen molar-refractivity contribution in [2.45, 2.75) is 36.2 Å². The van der Waals surface area contributed by atoms with Crippen molar-refractivity contribution in [1.29, 1.82) is 0 Å². The van der Waals surface area contributed by atoms with E-state index in [4.69, 9.17) is 21.6 Å². The molecule has 1 aliphatic rings. The molecule has 4 aromatic heterocycles. The van der Waals surface area contributed by atoms with Crippen LogP contribution < -0.4 is 4.90 Å². The van der Waals surface area contributed by atoms with E-state index in [0.717, 1.165) is 58.4 Å². The molecule has 0 saturated carbocycles. The Morgan fingerprint density at radius 2 is 2.06 bits per heavy atom. The van der Waals surface area contributed by atoms with E-state index < -0.39 is 0 Å². The molecule has 5 heterocycles. The Morgan fingerprint density at radius 3 is 2.75 bits per heavy atom. The zero-order valence-electron chi connectivity index (χ0n) is 17.5. The van der Waals surface area contributed by atoms with E-state index in [0.29, 0.717) is 21.8 Å². The van der Waals surface area contributed by atoms with E-state index in [1.807, 2.05) is 12.4 Å². The van der Waals surface area contributed by atoms with Crippen LogP contribution in [0.1, 0.15) is 35.6 Å². The molecule has 0 unspecified atom stereocenters. The number of fused-ring (bicyclic) bond motifs is 1. The van der Waals surface area contributed by atoms with Crippen LogP contribution in [0.25, 0.3) is 11.0 Å². The minimum absolute atomic E-state index is 0.0515. The van der Waals surface area contributed by atoms with Gasteiger partial charge in [0.15, 0.2) is 15.3 Å². The van der Waals surface area contributed by atoms with E-state index in [1.54, 1.807) is 11.7 Å². The fraction of sp³-hybridized carbons (Fsp3) is 0.333. The van der Waals surface area contributed by atoms with Gasteiger partial charge in [0, 0.05) is 43.5 Å². The van der Waals surface area contributed by atoms with E-state index in [-0.39, 0.29) is 5.78 Å². The molecule has 164 valence electrons. The second kappa shape index (κ2) is 8.76. The van der Waals surface area contributed by atoms with Gasteiger partial charge >= 0.3 is 0 Å². The van der Waals surface area contributed by atoms with Crippen LogP contribution >= 0.6 is 34.7 Å². The highest BCUT2D eigenvalue weighted by molar-refractivity contribution is 8.00. The van der Waals surface area contributed by atoms with Crippen LogP contribution in [0.15, 0.2) is 33.6 Å². The van der Waals surface area contributed by atoms with Gasteiger partial charge in [-0.3, -0.25) is 4.79 Å². The molecule has 1 aliphatic heterocycles. The van der Waals surface area contributed by atoms with Crippen molar-refractivity contribution in [3.63, 3.8) is 0 Å². The van der Waals surface area contributed by atoms with Crippen molar-refractivity contribution >= 4 is 57.3 Å². The summed E-state index contributed by atoms with van der Waals surface area (Å²) in [5, 5.41) is 3.88. The number of halogens is 1. The first-order valence-electron chi connectivity index (χ1n) is 10.2. The minimum atomic E-state index is -0.0515. The first-order chi connectivity index (χ1) is 15.5. The van der Waals surface area contributed by atoms with Crippen LogP contribution in [0.3, 0.4) is 0 Å². The quantitative estimate of drug-likeness (QED) is 0.302. The van der Waals surface area contributed by atoms with Gasteiger partial charge in [-0.25, -0.2) is 24.9 Å². The summed E-state index contributed by atoms with van der Waals surface area (Å²) in [4.78, 5) is 39.3. The summed E-state index contributed by atoms with van der Waals surface area (Å²) in [7, 11) is 0. The lowest BCUT2D eigenvalue weighted by atomic mass is 9.93. The third-order valence-corrected chi connectivity index (χ3v) is 7.62. The van der Waals surface area contributed by atoms with Crippen LogP contribution in [0.5, 0.6) is 0 Å². The van der Waals surface area contributed by atoms with Gasteiger partial charge in [0.1, 0.15) is 23.5 Å². The second-order valence-corrected chi connectivity index (χ2v) is 10.2. The van der Waals surface area contributed by atoms with Gasteiger partial charge in [0.2, 0.25) is 0 Å². The molecule has 0 bridgehead atoms. The molecule has 0 spiro atoms. The van der Waals surface area contributed by atoms with Gasteiger partial charge in [-0.2, -0.15) is 0 Å². The van der Waals surface area contributed by atoms with Gasteiger partial charge in [-0.15, -0.1) is 11.3 Å². The molecule has 0 radical (unpaired) electrons. The number of ketones is 1. The summed E-state index contributed by atoms with van der Waals surface area (Å²) in [6.07, 6.45) is 7.00. The van der Waals surface area contributed by atoms with Crippen LogP contribution in [-0.4, -0.2) is 48.8 Å². The first-order valence-corrected chi connectivity index (χ1v) is 12.3. The van der Waals surface area contributed by atoms with Gasteiger partial charge in [0.05, 0.1) is 10.4 Å². The number of anilines is 1. The molecule has 1 fully saturated rings. The van der Waals surface area contributed by atoms with Crippen molar-refractivity contribution in [3.8, 4) is 0 Å². The van der Waals surface area contributed by atoms with Crippen LogP contribution in [-0.2, 0) is 12.8 Å². The third-order valence-electron chi connectivity index (χ3n) is 5.39. The van der Waals surface area contributed by atoms with E-state index in [1.165, 1.54) is 30.0 Å². The molecule has 1 N–H and O–H groups in total. The zero-order chi connectivity index (χ0) is 22.2. The van der Waals surface area contributed by atoms with Crippen molar-refractivity contribution in [1.82, 2.24) is 29.9 Å². The summed E-state index contributed by atoms with van der Waals surface area (Å²) in [5.74, 6) is 1.29. The number of aromatic amines is 1. The average Bonchev–Trinajstić information content (AvgIpc) is 3.35. The van der Waals surface area contributed by atoms with Gasteiger partial charge < -0.3 is 9.88 Å².